The lowest BCUT2D eigenvalue weighted by atomic mass is 10.2. The molecule has 2 heterocycles. The van der Waals surface area contributed by atoms with Crippen LogP contribution in [0.15, 0.2) is 11.4 Å². The van der Waals surface area contributed by atoms with Crippen LogP contribution in [0.3, 0.4) is 0 Å². The third kappa shape index (κ3) is 2.98. The molecule has 0 N–H and O–H groups in total. The van der Waals surface area contributed by atoms with Crippen LogP contribution in [0.1, 0.15) is 17.3 Å². The quantitative estimate of drug-likeness (QED) is 0.712. The molecule has 1 saturated heterocycles. The van der Waals surface area contributed by atoms with Crippen LogP contribution in [0, 0.1) is 2.88 Å². The van der Waals surface area contributed by atoms with Crippen LogP contribution in [-0.4, -0.2) is 47.8 Å². The van der Waals surface area contributed by atoms with Crippen LogP contribution in [0.2, 0.25) is 0 Å². The Kier molecular flexibility index (Phi) is 4.03. The molecule has 0 spiro atoms. The van der Waals surface area contributed by atoms with Gasteiger partial charge in [0.05, 0.1) is 8.45 Å². The average Bonchev–Trinajstić information content (AvgIpc) is 2.75. The number of halogens is 1. The first-order valence-electron chi connectivity index (χ1n) is 5.37. The highest BCUT2D eigenvalue weighted by Crippen LogP contribution is 2.18. The van der Waals surface area contributed by atoms with Crippen molar-refractivity contribution < 1.29 is 9.59 Å². The van der Waals surface area contributed by atoms with E-state index in [1.54, 1.807) is 23.2 Å². The summed E-state index contributed by atoms with van der Waals surface area (Å²) in [6, 6.07) is 1.91. The fourth-order valence-electron chi connectivity index (χ4n) is 1.83. The standard InChI is InChI=1S/C11H13IN2O2S/c1-8(15)13-2-4-14(5-3-13)11(16)9-6-10(12)17-7-9/h6-7H,2-5H2,1H3. The smallest absolute Gasteiger partial charge is 0.254 e. The van der Waals surface area contributed by atoms with Gasteiger partial charge < -0.3 is 9.80 Å². The highest BCUT2D eigenvalue weighted by Gasteiger charge is 2.23. The molecule has 1 aromatic heterocycles. The van der Waals surface area contributed by atoms with E-state index in [0.717, 1.165) is 8.45 Å². The maximum absolute atomic E-state index is 12.1. The van der Waals surface area contributed by atoms with E-state index in [0.29, 0.717) is 26.2 Å². The van der Waals surface area contributed by atoms with Gasteiger partial charge in [0.1, 0.15) is 0 Å². The molecule has 92 valence electrons. The van der Waals surface area contributed by atoms with E-state index in [-0.39, 0.29) is 11.8 Å². The zero-order chi connectivity index (χ0) is 12.4. The van der Waals surface area contributed by atoms with Crippen molar-refractivity contribution in [3.05, 3.63) is 19.9 Å². The van der Waals surface area contributed by atoms with Gasteiger partial charge in [0.15, 0.2) is 0 Å². The minimum absolute atomic E-state index is 0.0763. The largest absolute Gasteiger partial charge is 0.339 e. The van der Waals surface area contributed by atoms with Gasteiger partial charge in [0, 0.05) is 38.5 Å². The predicted molar refractivity (Wildman–Crippen MR) is 75.2 cm³/mol. The Balaban J connectivity index is 1.97. The van der Waals surface area contributed by atoms with Gasteiger partial charge in [-0.05, 0) is 28.7 Å². The molecule has 1 aliphatic rings. The van der Waals surface area contributed by atoms with Crippen LogP contribution in [0.4, 0.5) is 0 Å². The molecule has 0 aliphatic carbocycles. The van der Waals surface area contributed by atoms with Crippen LogP contribution in [-0.2, 0) is 4.79 Å². The summed E-state index contributed by atoms with van der Waals surface area (Å²) in [5.41, 5.74) is 0.760. The Hall–Kier alpha value is -0.630. The minimum Gasteiger partial charge on any atom is -0.339 e. The third-order valence-corrected chi connectivity index (χ3v) is 4.62. The van der Waals surface area contributed by atoms with Crippen molar-refractivity contribution in [2.24, 2.45) is 0 Å². The topological polar surface area (TPSA) is 40.6 Å². The molecule has 0 aromatic carbocycles. The number of hydrogen-bond donors (Lipinski definition) is 0. The summed E-state index contributed by atoms with van der Waals surface area (Å²) in [7, 11) is 0. The van der Waals surface area contributed by atoms with E-state index in [4.69, 9.17) is 0 Å². The number of thiophene rings is 1. The van der Waals surface area contributed by atoms with Gasteiger partial charge in [-0.1, -0.05) is 0 Å². The molecule has 2 amide bonds. The van der Waals surface area contributed by atoms with E-state index in [2.05, 4.69) is 22.6 Å². The summed E-state index contributed by atoms with van der Waals surface area (Å²) in [5.74, 6) is 0.162. The third-order valence-electron chi connectivity index (χ3n) is 2.83. The summed E-state index contributed by atoms with van der Waals surface area (Å²) in [4.78, 5) is 26.9. The van der Waals surface area contributed by atoms with Crippen molar-refractivity contribution in [1.82, 2.24) is 9.80 Å². The highest BCUT2D eigenvalue weighted by atomic mass is 127. The fourth-order valence-corrected chi connectivity index (χ4v) is 3.15. The molecule has 6 heteroatoms. The first-order valence-corrected chi connectivity index (χ1v) is 7.32. The molecule has 2 rings (SSSR count). The normalized spacial score (nSPS) is 16.1. The second-order valence-corrected chi connectivity index (χ2v) is 6.74. The van der Waals surface area contributed by atoms with Crippen molar-refractivity contribution in [3.63, 3.8) is 0 Å². The molecule has 0 atom stereocenters. The van der Waals surface area contributed by atoms with Crippen molar-refractivity contribution in [2.45, 2.75) is 6.92 Å². The molecular formula is C11H13IN2O2S. The van der Waals surface area contributed by atoms with Gasteiger partial charge in [0.2, 0.25) is 5.91 Å². The van der Waals surface area contributed by atoms with Crippen LogP contribution >= 0.6 is 33.9 Å². The SMILES string of the molecule is CC(=O)N1CCN(C(=O)c2csc(I)c2)CC1. The Morgan fingerprint density at radius 2 is 1.82 bits per heavy atom. The van der Waals surface area contributed by atoms with Crippen LogP contribution < -0.4 is 0 Å². The first-order chi connectivity index (χ1) is 8.08. The lowest BCUT2D eigenvalue weighted by molar-refractivity contribution is -0.130. The summed E-state index contributed by atoms with van der Waals surface area (Å²) >= 11 is 3.79. The molecule has 0 bridgehead atoms. The van der Waals surface area contributed by atoms with Gasteiger partial charge >= 0.3 is 0 Å². The van der Waals surface area contributed by atoms with Gasteiger partial charge in [-0.2, -0.15) is 0 Å². The zero-order valence-electron chi connectivity index (χ0n) is 9.48. The number of piperazine rings is 1. The summed E-state index contributed by atoms with van der Waals surface area (Å²) < 4.78 is 1.12. The summed E-state index contributed by atoms with van der Waals surface area (Å²) in [5, 5.41) is 1.89. The van der Waals surface area contributed by atoms with Gasteiger partial charge in [-0.15, -0.1) is 11.3 Å². The second kappa shape index (κ2) is 5.34. The number of amides is 2. The zero-order valence-corrected chi connectivity index (χ0v) is 12.5. The predicted octanol–water partition coefficient (Wildman–Crippen LogP) is 1.66. The van der Waals surface area contributed by atoms with Crippen LogP contribution in [0.25, 0.3) is 0 Å². The molecule has 1 aliphatic heterocycles. The molecule has 0 saturated carbocycles. The second-order valence-electron chi connectivity index (χ2n) is 3.94. The first kappa shape index (κ1) is 12.8. The Bertz CT molecular complexity index is 438. The number of nitrogens with zero attached hydrogens (tertiary/aromatic N) is 2. The van der Waals surface area contributed by atoms with Crippen molar-refractivity contribution in [2.75, 3.05) is 26.2 Å². The average molecular weight is 364 g/mol. The van der Waals surface area contributed by atoms with Gasteiger partial charge in [0.25, 0.3) is 5.91 Å². The number of rotatable bonds is 1. The lowest BCUT2D eigenvalue weighted by Gasteiger charge is -2.34. The van der Waals surface area contributed by atoms with Gasteiger partial charge in [-0.3, -0.25) is 9.59 Å². The molecule has 0 unspecified atom stereocenters. The van der Waals surface area contributed by atoms with E-state index in [9.17, 15) is 9.59 Å². The maximum Gasteiger partial charge on any atom is 0.254 e. The molecule has 17 heavy (non-hydrogen) atoms. The Labute approximate surface area is 118 Å². The Morgan fingerprint density at radius 3 is 2.29 bits per heavy atom. The van der Waals surface area contributed by atoms with Gasteiger partial charge in [-0.25, -0.2) is 0 Å². The number of carbonyl (C=O) groups is 2. The highest BCUT2D eigenvalue weighted by molar-refractivity contribution is 14.1. The van der Waals surface area contributed by atoms with E-state index in [1.807, 2.05) is 16.3 Å². The van der Waals surface area contributed by atoms with Crippen molar-refractivity contribution in [3.8, 4) is 0 Å². The van der Waals surface area contributed by atoms with E-state index >= 15 is 0 Å². The number of hydrogen-bond acceptors (Lipinski definition) is 3. The molecule has 1 fully saturated rings. The molecular weight excluding hydrogens is 351 g/mol. The monoisotopic (exact) mass is 364 g/mol. The Morgan fingerprint density at radius 1 is 1.24 bits per heavy atom. The summed E-state index contributed by atoms with van der Waals surface area (Å²) in [6.45, 7) is 4.11. The lowest BCUT2D eigenvalue weighted by Crippen LogP contribution is -2.50. The van der Waals surface area contributed by atoms with Crippen molar-refractivity contribution >= 4 is 45.7 Å². The van der Waals surface area contributed by atoms with Crippen LogP contribution in [0.5, 0.6) is 0 Å². The van der Waals surface area contributed by atoms with Crippen molar-refractivity contribution in [1.29, 1.82) is 0 Å². The molecule has 4 nitrogen and oxygen atoms in total. The maximum atomic E-state index is 12.1. The van der Waals surface area contributed by atoms with E-state index < -0.39 is 0 Å². The molecule has 1 aromatic rings. The molecule has 0 radical (unpaired) electrons. The minimum atomic E-state index is 0.0763. The fraction of sp³-hybridized carbons (Fsp3) is 0.455. The number of carbonyl (C=O) groups excluding carboxylic acids is 2. The summed E-state index contributed by atoms with van der Waals surface area (Å²) in [6.07, 6.45) is 0. The van der Waals surface area contributed by atoms with E-state index in [1.165, 1.54) is 0 Å².